The summed E-state index contributed by atoms with van der Waals surface area (Å²) in [4.78, 5) is 17.9. The van der Waals surface area contributed by atoms with Gasteiger partial charge in [0, 0.05) is 17.5 Å². The molecule has 1 amide bonds. The summed E-state index contributed by atoms with van der Waals surface area (Å²) >= 11 is 0. The van der Waals surface area contributed by atoms with Gasteiger partial charge in [0.25, 0.3) is 5.91 Å². The van der Waals surface area contributed by atoms with E-state index in [1.165, 1.54) is 14.2 Å². The molecule has 4 aromatic rings. The van der Waals surface area contributed by atoms with Crippen LogP contribution in [0.25, 0.3) is 22.2 Å². The fourth-order valence-electron chi connectivity index (χ4n) is 3.78. The highest BCUT2D eigenvalue weighted by molar-refractivity contribution is 6.07. The van der Waals surface area contributed by atoms with Crippen molar-refractivity contribution < 1.29 is 28.8 Å². The number of ether oxygens (including phenoxy) is 4. The second-order valence-corrected chi connectivity index (χ2v) is 7.97. The zero-order valence-corrected chi connectivity index (χ0v) is 20.4. The smallest absolute Gasteiger partial charge is 0.252 e. The maximum Gasteiger partial charge on any atom is 0.252 e. The van der Waals surface area contributed by atoms with Crippen molar-refractivity contribution in [3.05, 3.63) is 78.4 Å². The van der Waals surface area contributed by atoms with E-state index in [9.17, 15) is 9.90 Å². The predicted octanol–water partition coefficient (Wildman–Crippen LogP) is 4.10. The number of benzene rings is 3. The molecular formula is C28H28N2O6. The van der Waals surface area contributed by atoms with Gasteiger partial charge in [-0.2, -0.15) is 0 Å². The number of hydrogen-bond donors (Lipinski definition) is 2. The molecule has 0 saturated heterocycles. The van der Waals surface area contributed by atoms with Gasteiger partial charge in [-0.1, -0.05) is 24.3 Å². The number of pyridine rings is 1. The lowest BCUT2D eigenvalue weighted by Gasteiger charge is -2.17. The molecule has 36 heavy (non-hydrogen) atoms. The molecule has 2 N–H and O–H groups in total. The molecule has 0 bridgehead atoms. The number of aliphatic hydroxyl groups is 1. The first-order chi connectivity index (χ1) is 17.5. The van der Waals surface area contributed by atoms with Crippen molar-refractivity contribution in [1.29, 1.82) is 0 Å². The standard InChI is InChI=1S/C28H28N2O6/c1-33-20-13-11-18(12-14-20)24-15-22(21-7-4-5-8-23(21)30-24)28(32)29-16-19(31)17-36-27-25(34-2)9-6-10-26(27)35-3/h4-15,19,31H,16-17H2,1-3H3,(H,29,32). The lowest BCUT2D eigenvalue weighted by molar-refractivity contribution is 0.0835. The van der Waals surface area contributed by atoms with Gasteiger partial charge in [0.15, 0.2) is 11.5 Å². The quantitative estimate of drug-likeness (QED) is 0.347. The molecule has 4 rings (SSSR count). The molecule has 1 unspecified atom stereocenters. The van der Waals surface area contributed by atoms with Gasteiger partial charge in [-0.15, -0.1) is 0 Å². The van der Waals surface area contributed by atoms with Crippen LogP contribution in [0.15, 0.2) is 72.8 Å². The Morgan fingerprint density at radius 1 is 0.917 bits per heavy atom. The van der Waals surface area contributed by atoms with Crippen LogP contribution < -0.4 is 24.3 Å². The first-order valence-corrected chi connectivity index (χ1v) is 11.4. The number of rotatable bonds is 10. The number of aromatic nitrogens is 1. The van der Waals surface area contributed by atoms with E-state index in [1.807, 2.05) is 48.5 Å². The Labute approximate surface area is 209 Å². The van der Waals surface area contributed by atoms with Gasteiger partial charge in [0.05, 0.1) is 38.1 Å². The number of nitrogens with zero attached hydrogens (tertiary/aromatic N) is 1. The Balaban J connectivity index is 1.49. The maximum absolute atomic E-state index is 13.2. The Kier molecular flexibility index (Phi) is 7.87. The largest absolute Gasteiger partial charge is 0.497 e. The van der Waals surface area contributed by atoms with E-state index in [0.29, 0.717) is 34.0 Å². The zero-order chi connectivity index (χ0) is 25.5. The molecule has 0 fully saturated rings. The summed E-state index contributed by atoms with van der Waals surface area (Å²) in [5.41, 5.74) is 2.68. The van der Waals surface area contributed by atoms with Gasteiger partial charge in [-0.3, -0.25) is 4.79 Å². The van der Waals surface area contributed by atoms with Crippen LogP contribution in [0.4, 0.5) is 0 Å². The number of fused-ring (bicyclic) bond motifs is 1. The number of para-hydroxylation sites is 2. The Morgan fingerprint density at radius 3 is 2.28 bits per heavy atom. The molecule has 0 spiro atoms. The molecule has 0 radical (unpaired) electrons. The minimum atomic E-state index is -0.960. The zero-order valence-electron chi connectivity index (χ0n) is 20.4. The van der Waals surface area contributed by atoms with Gasteiger partial charge in [0.2, 0.25) is 5.75 Å². The van der Waals surface area contributed by atoms with Gasteiger partial charge in [-0.25, -0.2) is 4.98 Å². The normalized spacial score (nSPS) is 11.6. The molecule has 0 aliphatic heterocycles. The predicted molar refractivity (Wildman–Crippen MR) is 137 cm³/mol. The number of aliphatic hydroxyl groups excluding tert-OH is 1. The molecule has 186 valence electrons. The molecule has 8 nitrogen and oxygen atoms in total. The second kappa shape index (κ2) is 11.4. The topological polar surface area (TPSA) is 99.1 Å². The van der Waals surface area contributed by atoms with Crippen LogP contribution in [0.1, 0.15) is 10.4 Å². The molecular weight excluding hydrogens is 460 g/mol. The van der Waals surface area contributed by atoms with E-state index < -0.39 is 6.10 Å². The van der Waals surface area contributed by atoms with Gasteiger partial charge < -0.3 is 29.4 Å². The first-order valence-electron chi connectivity index (χ1n) is 11.4. The summed E-state index contributed by atoms with van der Waals surface area (Å²) < 4.78 is 21.6. The number of carbonyl (C=O) groups is 1. The molecule has 1 atom stereocenters. The van der Waals surface area contributed by atoms with Crippen molar-refractivity contribution in [2.45, 2.75) is 6.10 Å². The summed E-state index contributed by atoms with van der Waals surface area (Å²) in [5, 5.41) is 14.0. The van der Waals surface area contributed by atoms with Crippen LogP contribution in [0.5, 0.6) is 23.0 Å². The number of carbonyl (C=O) groups excluding carboxylic acids is 1. The van der Waals surface area contributed by atoms with Crippen molar-refractivity contribution in [2.24, 2.45) is 0 Å². The van der Waals surface area contributed by atoms with E-state index in [0.717, 1.165) is 16.7 Å². The van der Waals surface area contributed by atoms with Crippen molar-refractivity contribution in [1.82, 2.24) is 10.3 Å². The molecule has 3 aromatic carbocycles. The average Bonchev–Trinajstić information content (AvgIpc) is 2.93. The van der Waals surface area contributed by atoms with Crippen LogP contribution in [-0.2, 0) is 0 Å². The summed E-state index contributed by atoms with van der Waals surface area (Å²) in [5.74, 6) is 1.77. The Hall–Kier alpha value is -4.30. The minimum Gasteiger partial charge on any atom is -0.497 e. The molecule has 1 aromatic heterocycles. The Bertz CT molecular complexity index is 1320. The van der Waals surface area contributed by atoms with Gasteiger partial charge >= 0.3 is 0 Å². The van der Waals surface area contributed by atoms with Crippen molar-refractivity contribution in [3.63, 3.8) is 0 Å². The third kappa shape index (κ3) is 5.50. The number of methoxy groups -OCH3 is 3. The van der Waals surface area contributed by atoms with Crippen LogP contribution in [0.2, 0.25) is 0 Å². The molecule has 0 aliphatic rings. The molecule has 1 heterocycles. The van der Waals surface area contributed by atoms with Crippen LogP contribution >= 0.6 is 0 Å². The van der Waals surface area contributed by atoms with Gasteiger partial charge in [0.1, 0.15) is 18.5 Å². The summed E-state index contributed by atoms with van der Waals surface area (Å²) in [6, 6.07) is 21.9. The number of hydrogen-bond acceptors (Lipinski definition) is 7. The van der Waals surface area contributed by atoms with Crippen LogP contribution in [0.3, 0.4) is 0 Å². The molecule has 0 aliphatic carbocycles. The minimum absolute atomic E-state index is 0.00911. The molecule has 8 heteroatoms. The monoisotopic (exact) mass is 488 g/mol. The van der Waals surface area contributed by atoms with E-state index in [2.05, 4.69) is 5.32 Å². The highest BCUT2D eigenvalue weighted by Gasteiger charge is 2.17. The van der Waals surface area contributed by atoms with Crippen LogP contribution in [-0.4, -0.2) is 56.6 Å². The van der Waals surface area contributed by atoms with Crippen molar-refractivity contribution in [3.8, 4) is 34.3 Å². The van der Waals surface area contributed by atoms with E-state index in [4.69, 9.17) is 23.9 Å². The number of amides is 1. The highest BCUT2D eigenvalue weighted by atomic mass is 16.5. The van der Waals surface area contributed by atoms with E-state index in [1.54, 1.807) is 31.4 Å². The van der Waals surface area contributed by atoms with Crippen molar-refractivity contribution >= 4 is 16.8 Å². The fourth-order valence-corrected chi connectivity index (χ4v) is 3.78. The lowest BCUT2D eigenvalue weighted by Crippen LogP contribution is -2.35. The Morgan fingerprint density at radius 2 is 1.61 bits per heavy atom. The summed E-state index contributed by atoms with van der Waals surface area (Å²) in [6.07, 6.45) is -0.960. The second-order valence-electron chi connectivity index (χ2n) is 7.97. The highest BCUT2D eigenvalue weighted by Crippen LogP contribution is 2.36. The van der Waals surface area contributed by atoms with E-state index >= 15 is 0 Å². The average molecular weight is 489 g/mol. The summed E-state index contributed by atoms with van der Waals surface area (Å²) in [7, 11) is 4.66. The fraction of sp³-hybridized carbons (Fsp3) is 0.214. The van der Waals surface area contributed by atoms with Crippen molar-refractivity contribution in [2.75, 3.05) is 34.5 Å². The lowest BCUT2D eigenvalue weighted by atomic mass is 10.0. The maximum atomic E-state index is 13.2. The van der Waals surface area contributed by atoms with Gasteiger partial charge in [-0.05, 0) is 48.5 Å². The number of nitrogens with one attached hydrogen (secondary N) is 1. The summed E-state index contributed by atoms with van der Waals surface area (Å²) in [6.45, 7) is -0.0734. The molecule has 0 saturated carbocycles. The third-order valence-corrected chi connectivity index (χ3v) is 5.65. The van der Waals surface area contributed by atoms with E-state index in [-0.39, 0.29) is 19.1 Å². The first kappa shape index (κ1) is 24.8. The van der Waals surface area contributed by atoms with Crippen LogP contribution in [0, 0.1) is 0 Å². The third-order valence-electron chi connectivity index (χ3n) is 5.65. The SMILES string of the molecule is COc1ccc(-c2cc(C(=O)NCC(O)COc3c(OC)cccc3OC)c3ccccc3n2)cc1.